The van der Waals surface area contributed by atoms with Crippen LogP contribution in [0.5, 0.6) is 0 Å². The first kappa shape index (κ1) is 16.5. The Hall–Kier alpha value is -2.35. The Morgan fingerprint density at radius 1 is 0.833 bits per heavy atom. The monoisotopic (exact) mass is 319 g/mol. The van der Waals surface area contributed by atoms with Gasteiger partial charge in [-0.3, -0.25) is 0 Å². The van der Waals surface area contributed by atoms with Crippen molar-refractivity contribution in [1.29, 1.82) is 0 Å². The Balaban J connectivity index is 2.09. The SMILES string of the molecule is Cc1cc(C)c(-n2c[n+](Cc3ccccc3C)c(C)c2C)c(C)c1. The minimum absolute atomic E-state index is 0.913. The van der Waals surface area contributed by atoms with Crippen LogP contribution < -0.4 is 4.57 Å². The largest absolute Gasteiger partial charge is 0.249 e. The molecule has 0 aliphatic heterocycles. The molecule has 0 saturated heterocycles. The second-order valence-corrected chi connectivity index (χ2v) is 6.96. The Labute approximate surface area is 145 Å². The van der Waals surface area contributed by atoms with E-state index in [1.54, 1.807) is 0 Å². The zero-order valence-corrected chi connectivity index (χ0v) is 15.6. The summed E-state index contributed by atoms with van der Waals surface area (Å²) < 4.78 is 4.70. The minimum Gasteiger partial charge on any atom is -0.229 e. The van der Waals surface area contributed by atoms with Crippen LogP contribution in [0.2, 0.25) is 0 Å². The van der Waals surface area contributed by atoms with Crippen molar-refractivity contribution in [3.05, 3.63) is 81.9 Å². The summed E-state index contributed by atoms with van der Waals surface area (Å²) in [5.74, 6) is 0. The Kier molecular flexibility index (Phi) is 4.31. The standard InChI is InChI=1S/C22H27N2/c1-15-11-17(3)22(18(4)12-15)24-14-23(19(5)20(24)6)13-21-10-8-7-9-16(21)2/h7-12,14H,13H2,1-6H3/q+1. The van der Waals surface area contributed by atoms with Gasteiger partial charge in [0.25, 0.3) is 0 Å². The highest BCUT2D eigenvalue weighted by Gasteiger charge is 2.21. The molecule has 0 atom stereocenters. The zero-order valence-electron chi connectivity index (χ0n) is 15.6. The summed E-state index contributed by atoms with van der Waals surface area (Å²) >= 11 is 0. The molecule has 2 heteroatoms. The smallest absolute Gasteiger partial charge is 0.229 e. The molecule has 3 rings (SSSR count). The summed E-state index contributed by atoms with van der Waals surface area (Å²) in [7, 11) is 0. The van der Waals surface area contributed by atoms with E-state index < -0.39 is 0 Å². The minimum atomic E-state index is 0.913. The molecule has 0 amide bonds. The number of hydrogen-bond donors (Lipinski definition) is 0. The van der Waals surface area contributed by atoms with E-state index in [-0.39, 0.29) is 0 Å². The summed E-state index contributed by atoms with van der Waals surface area (Å²) in [4.78, 5) is 0. The van der Waals surface area contributed by atoms with Crippen LogP contribution in [0, 0.1) is 41.5 Å². The van der Waals surface area contributed by atoms with Crippen molar-refractivity contribution in [1.82, 2.24) is 4.57 Å². The van der Waals surface area contributed by atoms with Crippen LogP contribution in [0.3, 0.4) is 0 Å². The summed E-state index contributed by atoms with van der Waals surface area (Å²) in [6.07, 6.45) is 2.25. The number of hydrogen-bond acceptors (Lipinski definition) is 0. The number of benzene rings is 2. The molecule has 0 bridgehead atoms. The summed E-state index contributed by atoms with van der Waals surface area (Å²) in [6.45, 7) is 14.1. The van der Waals surface area contributed by atoms with E-state index in [2.05, 4.69) is 93.4 Å². The maximum Gasteiger partial charge on any atom is 0.249 e. The third-order valence-electron chi connectivity index (χ3n) is 5.05. The first-order valence-corrected chi connectivity index (χ1v) is 8.59. The van der Waals surface area contributed by atoms with Crippen LogP contribution in [-0.4, -0.2) is 4.57 Å². The highest BCUT2D eigenvalue weighted by atomic mass is 15.1. The van der Waals surface area contributed by atoms with Crippen LogP contribution in [0.4, 0.5) is 0 Å². The van der Waals surface area contributed by atoms with Crippen molar-refractivity contribution < 1.29 is 4.57 Å². The van der Waals surface area contributed by atoms with E-state index in [4.69, 9.17) is 0 Å². The first-order valence-electron chi connectivity index (χ1n) is 8.59. The molecule has 1 heterocycles. The molecule has 0 fully saturated rings. The second-order valence-electron chi connectivity index (χ2n) is 6.96. The lowest BCUT2D eigenvalue weighted by molar-refractivity contribution is -0.693. The molecule has 0 N–H and O–H groups in total. The molecule has 2 nitrogen and oxygen atoms in total. The Bertz CT molecular complexity index is 877. The fourth-order valence-corrected chi connectivity index (χ4v) is 3.60. The molecular weight excluding hydrogens is 292 g/mol. The lowest BCUT2D eigenvalue weighted by Crippen LogP contribution is -2.35. The van der Waals surface area contributed by atoms with Gasteiger partial charge in [-0.25, -0.2) is 4.57 Å². The van der Waals surface area contributed by atoms with E-state index in [0.29, 0.717) is 0 Å². The van der Waals surface area contributed by atoms with Crippen molar-refractivity contribution >= 4 is 0 Å². The molecule has 0 saturated carbocycles. The summed E-state index contributed by atoms with van der Waals surface area (Å²) in [5, 5.41) is 0. The number of imidazole rings is 1. The van der Waals surface area contributed by atoms with E-state index in [9.17, 15) is 0 Å². The highest BCUT2D eigenvalue weighted by molar-refractivity contribution is 5.50. The number of rotatable bonds is 3. The molecule has 24 heavy (non-hydrogen) atoms. The predicted molar refractivity (Wildman–Crippen MR) is 99.9 cm³/mol. The van der Waals surface area contributed by atoms with E-state index in [1.807, 2.05) is 0 Å². The second kappa shape index (κ2) is 6.27. The highest BCUT2D eigenvalue weighted by Crippen LogP contribution is 2.23. The molecule has 0 unspecified atom stereocenters. The van der Waals surface area contributed by atoms with Gasteiger partial charge in [-0.2, -0.15) is 4.57 Å². The van der Waals surface area contributed by atoms with E-state index in [1.165, 1.54) is 44.9 Å². The van der Waals surface area contributed by atoms with Gasteiger partial charge in [-0.15, -0.1) is 0 Å². The van der Waals surface area contributed by atoms with E-state index >= 15 is 0 Å². The third kappa shape index (κ3) is 2.89. The number of aryl methyl sites for hydroxylation is 4. The lowest BCUT2D eigenvalue weighted by atomic mass is 10.0. The van der Waals surface area contributed by atoms with Gasteiger partial charge in [-0.05, 0) is 49.9 Å². The fourth-order valence-electron chi connectivity index (χ4n) is 3.60. The molecule has 3 aromatic rings. The molecule has 1 aromatic heterocycles. The number of aromatic nitrogens is 2. The van der Waals surface area contributed by atoms with Gasteiger partial charge >= 0.3 is 0 Å². The fraction of sp³-hybridized carbons (Fsp3) is 0.318. The van der Waals surface area contributed by atoms with Crippen LogP contribution in [0.1, 0.15) is 39.2 Å². The molecule has 0 aliphatic rings. The molecule has 0 spiro atoms. The normalized spacial score (nSPS) is 11.1. The average Bonchev–Trinajstić information content (AvgIpc) is 2.77. The molecular formula is C22H27N2+. The van der Waals surface area contributed by atoms with Crippen molar-refractivity contribution in [2.75, 3.05) is 0 Å². The van der Waals surface area contributed by atoms with Gasteiger partial charge in [-0.1, -0.05) is 42.0 Å². The maximum atomic E-state index is 2.36. The topological polar surface area (TPSA) is 8.81 Å². The third-order valence-corrected chi connectivity index (χ3v) is 5.05. The summed E-state index contributed by atoms with van der Waals surface area (Å²) in [6, 6.07) is 13.2. The maximum absolute atomic E-state index is 2.36. The zero-order chi connectivity index (χ0) is 17.4. The molecule has 0 aliphatic carbocycles. The summed E-state index contributed by atoms with van der Waals surface area (Å²) in [5.41, 5.74) is 10.6. The van der Waals surface area contributed by atoms with Crippen molar-refractivity contribution in [3.8, 4) is 5.69 Å². The van der Waals surface area contributed by atoms with Crippen molar-refractivity contribution in [2.45, 2.75) is 48.1 Å². The van der Waals surface area contributed by atoms with Crippen LogP contribution in [0.25, 0.3) is 5.69 Å². The lowest BCUT2D eigenvalue weighted by Gasteiger charge is -2.08. The van der Waals surface area contributed by atoms with Gasteiger partial charge in [0.1, 0.15) is 23.6 Å². The van der Waals surface area contributed by atoms with Crippen LogP contribution in [0.15, 0.2) is 42.7 Å². The van der Waals surface area contributed by atoms with Crippen LogP contribution in [-0.2, 0) is 6.54 Å². The molecule has 0 radical (unpaired) electrons. The average molecular weight is 319 g/mol. The first-order chi connectivity index (χ1) is 11.4. The quantitative estimate of drug-likeness (QED) is 0.621. The van der Waals surface area contributed by atoms with Crippen molar-refractivity contribution in [2.24, 2.45) is 0 Å². The van der Waals surface area contributed by atoms with Crippen molar-refractivity contribution in [3.63, 3.8) is 0 Å². The van der Waals surface area contributed by atoms with Gasteiger partial charge in [0, 0.05) is 13.8 Å². The Morgan fingerprint density at radius 2 is 1.46 bits per heavy atom. The predicted octanol–water partition coefficient (Wildman–Crippen LogP) is 4.66. The van der Waals surface area contributed by atoms with Crippen LogP contribution >= 0.6 is 0 Å². The Morgan fingerprint density at radius 3 is 2.08 bits per heavy atom. The van der Waals surface area contributed by atoms with Gasteiger partial charge in [0.15, 0.2) is 0 Å². The molecule has 2 aromatic carbocycles. The van der Waals surface area contributed by atoms with E-state index in [0.717, 1.165) is 6.54 Å². The molecule has 124 valence electrons. The van der Waals surface area contributed by atoms with Gasteiger partial charge < -0.3 is 0 Å². The van der Waals surface area contributed by atoms with Gasteiger partial charge in [0.2, 0.25) is 6.33 Å². The van der Waals surface area contributed by atoms with Gasteiger partial charge in [0.05, 0.1) is 0 Å². The number of nitrogens with zero attached hydrogens (tertiary/aromatic N) is 2.